The van der Waals surface area contributed by atoms with Crippen LogP contribution in [0.25, 0.3) is 10.9 Å². The van der Waals surface area contributed by atoms with Crippen LogP contribution in [0, 0.1) is 10.1 Å². The molecular formula is C15H8N4O4. The second-order valence-corrected chi connectivity index (χ2v) is 5.07. The third-order valence-corrected chi connectivity index (χ3v) is 3.76. The lowest BCUT2D eigenvalue weighted by atomic mass is 10.1. The quantitative estimate of drug-likeness (QED) is 0.443. The van der Waals surface area contributed by atoms with E-state index in [-0.39, 0.29) is 16.8 Å². The van der Waals surface area contributed by atoms with Crippen molar-refractivity contribution >= 4 is 34.1 Å². The lowest BCUT2D eigenvalue weighted by Crippen LogP contribution is -2.29. The topological polar surface area (TPSA) is 109 Å². The van der Waals surface area contributed by atoms with Crippen LogP contribution in [-0.4, -0.2) is 26.9 Å². The maximum absolute atomic E-state index is 12.5. The van der Waals surface area contributed by atoms with Gasteiger partial charge in [-0.2, -0.15) is 5.10 Å². The van der Waals surface area contributed by atoms with Crippen LogP contribution in [0.1, 0.15) is 20.7 Å². The summed E-state index contributed by atoms with van der Waals surface area (Å²) in [6, 6.07) is 8.65. The molecule has 1 aliphatic heterocycles. The number of hydrogen-bond donors (Lipinski definition) is 1. The second kappa shape index (κ2) is 4.47. The molecule has 0 atom stereocenters. The summed E-state index contributed by atoms with van der Waals surface area (Å²) in [5.41, 5.74) is 1.15. The predicted octanol–water partition coefficient (Wildman–Crippen LogP) is 2.27. The van der Waals surface area contributed by atoms with Crippen LogP contribution < -0.4 is 4.90 Å². The number of anilines is 1. The van der Waals surface area contributed by atoms with Gasteiger partial charge in [0.25, 0.3) is 17.5 Å². The van der Waals surface area contributed by atoms with E-state index >= 15 is 0 Å². The minimum Gasteiger partial charge on any atom is -0.278 e. The van der Waals surface area contributed by atoms with Gasteiger partial charge in [0.05, 0.1) is 33.5 Å². The monoisotopic (exact) mass is 308 g/mol. The number of benzene rings is 2. The Hall–Kier alpha value is -3.55. The van der Waals surface area contributed by atoms with Gasteiger partial charge in [-0.25, -0.2) is 4.90 Å². The molecule has 0 unspecified atom stereocenters. The molecule has 0 fully saturated rings. The van der Waals surface area contributed by atoms with Crippen molar-refractivity contribution in [3.05, 3.63) is 63.8 Å². The molecule has 0 spiro atoms. The Balaban J connectivity index is 1.83. The molecule has 1 aromatic heterocycles. The van der Waals surface area contributed by atoms with Crippen molar-refractivity contribution in [3.8, 4) is 0 Å². The molecule has 3 aromatic rings. The minimum atomic E-state index is -0.599. The van der Waals surface area contributed by atoms with Crippen LogP contribution >= 0.6 is 0 Å². The summed E-state index contributed by atoms with van der Waals surface area (Å²) >= 11 is 0. The lowest BCUT2D eigenvalue weighted by molar-refractivity contribution is -0.384. The van der Waals surface area contributed by atoms with Gasteiger partial charge in [0.2, 0.25) is 0 Å². The highest BCUT2D eigenvalue weighted by Gasteiger charge is 2.37. The number of rotatable bonds is 2. The van der Waals surface area contributed by atoms with Crippen molar-refractivity contribution in [3.63, 3.8) is 0 Å². The molecule has 0 bridgehead atoms. The number of carbonyl (C=O) groups excluding carboxylic acids is 2. The molecule has 0 saturated heterocycles. The van der Waals surface area contributed by atoms with Crippen molar-refractivity contribution in [2.24, 2.45) is 0 Å². The maximum atomic E-state index is 12.5. The molecule has 4 rings (SSSR count). The molecule has 0 saturated carbocycles. The van der Waals surface area contributed by atoms with Crippen molar-refractivity contribution in [2.45, 2.75) is 0 Å². The van der Waals surface area contributed by atoms with E-state index in [9.17, 15) is 19.7 Å². The van der Waals surface area contributed by atoms with E-state index in [1.165, 1.54) is 12.1 Å². The number of nitro benzene ring substituents is 1. The summed E-state index contributed by atoms with van der Waals surface area (Å²) in [6.45, 7) is 0. The molecular weight excluding hydrogens is 300 g/mol. The number of aromatic nitrogens is 2. The summed E-state index contributed by atoms with van der Waals surface area (Å²) in [7, 11) is 0. The molecule has 2 amide bonds. The van der Waals surface area contributed by atoms with Crippen molar-refractivity contribution in [2.75, 3.05) is 4.90 Å². The van der Waals surface area contributed by atoms with E-state index in [1.807, 2.05) is 0 Å². The number of aromatic amines is 1. The van der Waals surface area contributed by atoms with Gasteiger partial charge in [-0.1, -0.05) is 0 Å². The fourth-order valence-electron chi connectivity index (χ4n) is 2.65. The van der Waals surface area contributed by atoms with Crippen LogP contribution in [0.2, 0.25) is 0 Å². The lowest BCUT2D eigenvalue weighted by Gasteiger charge is -2.13. The van der Waals surface area contributed by atoms with E-state index in [0.717, 1.165) is 21.9 Å². The highest BCUT2D eigenvalue weighted by molar-refractivity contribution is 6.34. The number of fused-ring (bicyclic) bond motifs is 2. The van der Waals surface area contributed by atoms with Crippen LogP contribution in [0.5, 0.6) is 0 Å². The summed E-state index contributed by atoms with van der Waals surface area (Å²) in [5, 5.41) is 18.3. The van der Waals surface area contributed by atoms with E-state index in [0.29, 0.717) is 5.69 Å². The van der Waals surface area contributed by atoms with Gasteiger partial charge in [-0.05, 0) is 24.3 Å². The molecule has 112 valence electrons. The highest BCUT2D eigenvalue weighted by atomic mass is 16.6. The van der Waals surface area contributed by atoms with E-state index < -0.39 is 16.7 Å². The number of hydrogen-bond acceptors (Lipinski definition) is 5. The Kier molecular flexibility index (Phi) is 2.55. The van der Waals surface area contributed by atoms with Crippen LogP contribution in [-0.2, 0) is 0 Å². The number of non-ortho nitro benzene ring substituents is 1. The molecule has 1 aliphatic rings. The number of nitrogens with one attached hydrogen (secondary N) is 1. The highest BCUT2D eigenvalue weighted by Crippen LogP contribution is 2.31. The Morgan fingerprint density at radius 3 is 2.61 bits per heavy atom. The normalized spacial score (nSPS) is 13.7. The predicted molar refractivity (Wildman–Crippen MR) is 80.3 cm³/mol. The Morgan fingerprint density at radius 2 is 1.83 bits per heavy atom. The maximum Gasteiger partial charge on any atom is 0.270 e. The number of amides is 2. The van der Waals surface area contributed by atoms with Gasteiger partial charge < -0.3 is 0 Å². The third kappa shape index (κ3) is 1.81. The summed E-state index contributed by atoms with van der Waals surface area (Å²) in [4.78, 5) is 36.2. The number of H-pyrrole nitrogens is 1. The minimum absolute atomic E-state index is 0.0384. The van der Waals surface area contributed by atoms with Crippen LogP contribution in [0.15, 0.2) is 42.6 Å². The summed E-state index contributed by atoms with van der Waals surface area (Å²) in [6.07, 6.45) is 1.59. The van der Waals surface area contributed by atoms with Gasteiger partial charge in [-0.3, -0.25) is 24.8 Å². The first-order valence-corrected chi connectivity index (χ1v) is 6.66. The van der Waals surface area contributed by atoms with Gasteiger partial charge in [0.15, 0.2) is 0 Å². The first-order chi connectivity index (χ1) is 11.1. The molecule has 2 heterocycles. The molecule has 0 aliphatic carbocycles. The van der Waals surface area contributed by atoms with Gasteiger partial charge >= 0.3 is 0 Å². The summed E-state index contributed by atoms with van der Waals surface area (Å²) in [5.74, 6) is -1.07. The smallest absolute Gasteiger partial charge is 0.270 e. The van der Waals surface area contributed by atoms with Crippen LogP contribution in [0.4, 0.5) is 11.4 Å². The number of nitro groups is 1. The number of imide groups is 1. The Labute approximate surface area is 128 Å². The fraction of sp³-hybridized carbons (Fsp3) is 0. The number of nitrogens with zero attached hydrogens (tertiary/aromatic N) is 3. The first kappa shape index (κ1) is 13.1. The zero-order valence-electron chi connectivity index (χ0n) is 11.5. The standard InChI is InChI=1S/C15H8N4O4/c20-14-11-3-1-10(19(22)23)6-12(11)15(21)18(14)9-2-4-13-8(5-9)7-16-17-13/h1-7H,(H,16,17). The average Bonchev–Trinajstić information content (AvgIpc) is 3.10. The van der Waals surface area contributed by atoms with Gasteiger partial charge in [0.1, 0.15) is 0 Å². The van der Waals surface area contributed by atoms with Crippen LogP contribution in [0.3, 0.4) is 0 Å². The largest absolute Gasteiger partial charge is 0.278 e. The molecule has 2 aromatic carbocycles. The number of carbonyl (C=O) groups is 2. The van der Waals surface area contributed by atoms with E-state index in [1.54, 1.807) is 24.4 Å². The van der Waals surface area contributed by atoms with Gasteiger partial charge in [-0.15, -0.1) is 0 Å². The molecule has 8 nitrogen and oxygen atoms in total. The zero-order valence-corrected chi connectivity index (χ0v) is 11.5. The first-order valence-electron chi connectivity index (χ1n) is 6.66. The fourth-order valence-corrected chi connectivity index (χ4v) is 2.65. The van der Waals surface area contributed by atoms with E-state index in [4.69, 9.17) is 0 Å². The molecule has 1 N–H and O–H groups in total. The summed E-state index contributed by atoms with van der Waals surface area (Å²) < 4.78 is 0. The third-order valence-electron chi connectivity index (χ3n) is 3.76. The van der Waals surface area contributed by atoms with Crippen molar-refractivity contribution in [1.82, 2.24) is 10.2 Å². The van der Waals surface area contributed by atoms with Crippen molar-refractivity contribution in [1.29, 1.82) is 0 Å². The van der Waals surface area contributed by atoms with E-state index in [2.05, 4.69) is 10.2 Å². The Bertz CT molecular complexity index is 1010. The van der Waals surface area contributed by atoms with Crippen molar-refractivity contribution < 1.29 is 14.5 Å². The second-order valence-electron chi connectivity index (χ2n) is 5.07. The molecule has 8 heteroatoms. The zero-order chi connectivity index (χ0) is 16.1. The SMILES string of the molecule is O=C1c2ccc([N+](=O)[O-])cc2C(=O)N1c1ccc2[nH]ncc2c1. The Morgan fingerprint density at radius 1 is 1.04 bits per heavy atom. The molecule has 0 radical (unpaired) electrons. The van der Waals surface area contributed by atoms with Gasteiger partial charge in [0, 0.05) is 17.5 Å². The molecule has 23 heavy (non-hydrogen) atoms. The average molecular weight is 308 g/mol.